The molecule has 0 unspecified atom stereocenters. The van der Waals surface area contributed by atoms with Crippen LogP contribution in [0.1, 0.15) is 25.8 Å². The fourth-order valence-corrected chi connectivity index (χ4v) is 3.15. The number of carbonyl (C=O) groups is 2. The third-order valence-electron chi connectivity index (χ3n) is 3.40. The van der Waals surface area contributed by atoms with E-state index in [2.05, 4.69) is 4.99 Å². The second-order valence-electron chi connectivity index (χ2n) is 5.15. The number of thioether (sulfide) groups is 1. The third-order valence-corrected chi connectivity index (χ3v) is 4.42. The zero-order chi connectivity index (χ0) is 19.3. The molecule has 0 spiro atoms. The van der Waals surface area contributed by atoms with Gasteiger partial charge in [-0.2, -0.15) is 0 Å². The van der Waals surface area contributed by atoms with Crippen LogP contribution in [0.3, 0.4) is 0 Å². The molecule has 0 fully saturated rings. The number of methoxy groups -OCH3 is 1. The number of aromatic hydroxyl groups is 1. The van der Waals surface area contributed by atoms with E-state index >= 15 is 0 Å². The molecule has 1 aliphatic heterocycles. The van der Waals surface area contributed by atoms with E-state index in [-0.39, 0.29) is 40.9 Å². The molecule has 0 bridgehead atoms. The Kier molecular flexibility index (Phi) is 6.46. The van der Waals surface area contributed by atoms with Gasteiger partial charge >= 0.3 is 5.97 Å². The van der Waals surface area contributed by atoms with Gasteiger partial charge in [0.1, 0.15) is 16.4 Å². The number of rotatable bonds is 5. The molecule has 8 heteroatoms. The quantitative estimate of drug-likeness (QED) is 0.759. The molecule has 26 heavy (non-hydrogen) atoms. The van der Waals surface area contributed by atoms with Gasteiger partial charge < -0.3 is 19.7 Å². The van der Waals surface area contributed by atoms with Crippen LogP contribution in [0.15, 0.2) is 39.4 Å². The van der Waals surface area contributed by atoms with Crippen molar-refractivity contribution in [3.63, 3.8) is 0 Å². The standard InChI is InChI=1S/C18H19NO6S/c1-4-14(21)19-17-15(18(23)25-5-2)16(22)13(26-17)9-10-6-7-11(20)12(8-10)24-3/h6-9,20,22H,4-5H2,1-3H3/b13-9-,19-17?. The minimum Gasteiger partial charge on any atom is -0.506 e. The summed E-state index contributed by atoms with van der Waals surface area (Å²) in [6.45, 7) is 3.42. The van der Waals surface area contributed by atoms with Crippen molar-refractivity contribution in [1.29, 1.82) is 0 Å². The Hall–Kier alpha value is -2.74. The van der Waals surface area contributed by atoms with Crippen molar-refractivity contribution in [2.75, 3.05) is 13.7 Å². The van der Waals surface area contributed by atoms with Crippen LogP contribution in [0.2, 0.25) is 0 Å². The highest BCUT2D eigenvalue weighted by Gasteiger charge is 2.33. The SMILES string of the molecule is CCOC(=O)C1=C(O)/C(=C/c2ccc(O)c(OC)c2)SC1=NC(=O)CC. The number of hydrogen-bond acceptors (Lipinski definition) is 7. The number of amides is 1. The molecule has 138 valence electrons. The Balaban J connectivity index is 2.48. The van der Waals surface area contributed by atoms with Gasteiger partial charge in [-0.3, -0.25) is 4.79 Å². The van der Waals surface area contributed by atoms with Crippen molar-refractivity contribution in [1.82, 2.24) is 0 Å². The maximum absolute atomic E-state index is 12.2. The van der Waals surface area contributed by atoms with E-state index in [1.54, 1.807) is 32.1 Å². The van der Waals surface area contributed by atoms with Gasteiger partial charge in [-0.15, -0.1) is 0 Å². The van der Waals surface area contributed by atoms with Gasteiger partial charge in [-0.25, -0.2) is 9.79 Å². The molecule has 2 rings (SSSR count). The second-order valence-corrected chi connectivity index (χ2v) is 6.18. The van der Waals surface area contributed by atoms with Gasteiger partial charge in [0, 0.05) is 6.42 Å². The van der Waals surface area contributed by atoms with Gasteiger partial charge in [-0.05, 0) is 30.7 Å². The highest BCUT2D eigenvalue weighted by molar-refractivity contribution is 8.18. The van der Waals surface area contributed by atoms with E-state index in [9.17, 15) is 19.8 Å². The predicted molar refractivity (Wildman–Crippen MR) is 99.2 cm³/mol. The number of phenolic OH excluding ortho intramolecular Hbond substituents is 1. The highest BCUT2D eigenvalue weighted by Crippen LogP contribution is 2.40. The second kappa shape index (κ2) is 8.57. The van der Waals surface area contributed by atoms with Crippen LogP contribution in [0.25, 0.3) is 6.08 Å². The van der Waals surface area contributed by atoms with Crippen LogP contribution in [0.4, 0.5) is 0 Å². The summed E-state index contributed by atoms with van der Waals surface area (Å²) < 4.78 is 10.0. The first kappa shape index (κ1) is 19.6. The lowest BCUT2D eigenvalue weighted by Crippen LogP contribution is -2.14. The fourth-order valence-electron chi connectivity index (χ4n) is 2.12. The van der Waals surface area contributed by atoms with Crippen molar-refractivity contribution in [3.8, 4) is 11.5 Å². The smallest absolute Gasteiger partial charge is 0.344 e. The van der Waals surface area contributed by atoms with Crippen molar-refractivity contribution < 1.29 is 29.3 Å². The van der Waals surface area contributed by atoms with Crippen LogP contribution >= 0.6 is 11.8 Å². The molecule has 0 aliphatic carbocycles. The lowest BCUT2D eigenvalue weighted by Gasteiger charge is -2.04. The van der Waals surface area contributed by atoms with Crippen LogP contribution < -0.4 is 4.74 Å². The molecule has 1 aromatic rings. The summed E-state index contributed by atoms with van der Waals surface area (Å²) in [5, 5.41) is 20.2. The summed E-state index contributed by atoms with van der Waals surface area (Å²) in [4.78, 5) is 28.0. The van der Waals surface area contributed by atoms with Crippen molar-refractivity contribution >= 4 is 34.8 Å². The predicted octanol–water partition coefficient (Wildman–Crippen LogP) is 3.20. The Morgan fingerprint density at radius 1 is 1.27 bits per heavy atom. The molecule has 0 saturated heterocycles. The first-order valence-electron chi connectivity index (χ1n) is 7.90. The van der Waals surface area contributed by atoms with E-state index in [1.165, 1.54) is 13.2 Å². The third kappa shape index (κ3) is 4.26. The molecule has 0 atom stereocenters. The lowest BCUT2D eigenvalue weighted by atomic mass is 10.1. The monoisotopic (exact) mass is 377 g/mol. The zero-order valence-corrected chi connectivity index (χ0v) is 15.4. The highest BCUT2D eigenvalue weighted by atomic mass is 32.2. The topological polar surface area (TPSA) is 105 Å². The average molecular weight is 377 g/mol. The van der Waals surface area contributed by atoms with E-state index < -0.39 is 11.9 Å². The van der Waals surface area contributed by atoms with Crippen LogP contribution in [-0.2, 0) is 14.3 Å². The normalized spacial score (nSPS) is 17.0. The minimum atomic E-state index is -0.744. The number of aliphatic hydroxyl groups excluding tert-OH is 1. The summed E-state index contributed by atoms with van der Waals surface area (Å²) in [5.74, 6) is -1.20. The number of esters is 1. The zero-order valence-electron chi connectivity index (χ0n) is 14.6. The van der Waals surface area contributed by atoms with Gasteiger partial charge in [-0.1, -0.05) is 24.8 Å². The number of ether oxygens (including phenoxy) is 2. The summed E-state index contributed by atoms with van der Waals surface area (Å²) in [5.41, 5.74) is 0.496. The number of carbonyl (C=O) groups excluding carboxylic acids is 2. The number of aliphatic imine (C=N–C) groups is 1. The molecule has 2 N–H and O–H groups in total. The minimum absolute atomic E-state index is 0.0171. The van der Waals surface area contributed by atoms with Crippen molar-refractivity contribution in [2.24, 2.45) is 4.99 Å². The summed E-state index contributed by atoms with van der Waals surface area (Å²) in [7, 11) is 1.42. The first-order chi connectivity index (χ1) is 12.4. The Morgan fingerprint density at radius 2 is 2.00 bits per heavy atom. The van der Waals surface area contributed by atoms with E-state index in [4.69, 9.17) is 9.47 Å². The maximum Gasteiger partial charge on any atom is 0.344 e. The van der Waals surface area contributed by atoms with Crippen LogP contribution in [0, 0.1) is 0 Å². The van der Waals surface area contributed by atoms with Crippen LogP contribution in [-0.4, -0.2) is 40.8 Å². The number of aliphatic hydroxyl groups is 1. The number of hydrogen-bond donors (Lipinski definition) is 2. The number of phenols is 1. The van der Waals surface area contributed by atoms with E-state index in [1.807, 2.05) is 0 Å². The largest absolute Gasteiger partial charge is 0.506 e. The first-order valence-corrected chi connectivity index (χ1v) is 8.72. The van der Waals surface area contributed by atoms with Gasteiger partial charge in [0.25, 0.3) is 0 Å². The molecule has 0 saturated carbocycles. The summed E-state index contributed by atoms with van der Waals surface area (Å²) in [6, 6.07) is 4.65. The molecule has 1 aliphatic rings. The molecular weight excluding hydrogens is 358 g/mol. The number of nitrogens with zero attached hydrogens (tertiary/aromatic N) is 1. The molecule has 0 radical (unpaired) electrons. The molecule has 1 amide bonds. The van der Waals surface area contributed by atoms with Gasteiger partial charge in [0.15, 0.2) is 11.5 Å². The summed E-state index contributed by atoms with van der Waals surface area (Å²) in [6.07, 6.45) is 1.77. The van der Waals surface area contributed by atoms with Crippen LogP contribution in [0.5, 0.6) is 11.5 Å². The van der Waals surface area contributed by atoms with E-state index in [0.29, 0.717) is 10.5 Å². The van der Waals surface area contributed by atoms with Crippen molar-refractivity contribution in [2.45, 2.75) is 20.3 Å². The Labute approximate surface area is 155 Å². The van der Waals surface area contributed by atoms with E-state index in [0.717, 1.165) is 11.8 Å². The maximum atomic E-state index is 12.2. The number of benzene rings is 1. The lowest BCUT2D eigenvalue weighted by molar-refractivity contribution is -0.138. The van der Waals surface area contributed by atoms with Gasteiger partial charge in [0.2, 0.25) is 5.91 Å². The average Bonchev–Trinajstić information content (AvgIpc) is 2.91. The molecule has 1 aromatic carbocycles. The summed E-state index contributed by atoms with van der Waals surface area (Å²) >= 11 is 0.999. The molecule has 7 nitrogen and oxygen atoms in total. The van der Waals surface area contributed by atoms with Crippen molar-refractivity contribution in [3.05, 3.63) is 40.0 Å². The Bertz CT molecular complexity index is 825. The molecule has 0 aromatic heterocycles. The molecular formula is C18H19NO6S. The Morgan fingerprint density at radius 3 is 2.62 bits per heavy atom. The fraction of sp³-hybridized carbons (Fsp3) is 0.278. The van der Waals surface area contributed by atoms with Gasteiger partial charge in [0.05, 0.1) is 18.6 Å². The molecule has 1 heterocycles.